The van der Waals surface area contributed by atoms with Gasteiger partial charge < -0.3 is 5.73 Å². The third kappa shape index (κ3) is 1.87. The van der Waals surface area contributed by atoms with Crippen molar-refractivity contribution in [2.75, 3.05) is 0 Å². The lowest BCUT2D eigenvalue weighted by molar-refractivity contribution is -0.114. The molecule has 13 heavy (non-hydrogen) atoms. The molecule has 0 radical (unpaired) electrons. The number of carbonyl (C=O) groups excluding carboxylic acids is 2. The Hall–Kier alpha value is -1.78. The van der Waals surface area contributed by atoms with Crippen molar-refractivity contribution in [2.24, 2.45) is 5.73 Å². The molecule has 68 valence electrons. The van der Waals surface area contributed by atoms with Crippen LogP contribution in [0.1, 0.15) is 10.4 Å². The van der Waals surface area contributed by atoms with E-state index in [1.807, 2.05) is 0 Å². The van der Waals surface area contributed by atoms with E-state index in [2.05, 4.69) is 5.73 Å². The van der Waals surface area contributed by atoms with E-state index in [4.69, 9.17) is 0 Å². The van der Waals surface area contributed by atoms with Gasteiger partial charge >= 0.3 is 0 Å². The summed E-state index contributed by atoms with van der Waals surface area (Å²) in [4.78, 5) is 21.2. The summed E-state index contributed by atoms with van der Waals surface area (Å²) in [5, 5.41) is 0. The maximum atomic E-state index is 12.8. The molecule has 0 aliphatic carbocycles. The van der Waals surface area contributed by atoms with E-state index in [0.29, 0.717) is 6.07 Å². The monoisotopic (exact) mass is 185 g/mol. The van der Waals surface area contributed by atoms with Crippen LogP contribution in [0.15, 0.2) is 18.2 Å². The number of halogens is 2. The van der Waals surface area contributed by atoms with Crippen LogP contribution in [0.3, 0.4) is 0 Å². The number of nitrogens with two attached hydrogens (primary N) is 1. The van der Waals surface area contributed by atoms with Gasteiger partial charge in [0.2, 0.25) is 0 Å². The number of benzene rings is 1. The first-order valence-corrected chi connectivity index (χ1v) is 3.31. The number of amides is 1. The molecular formula is C8H5F2NO2. The van der Waals surface area contributed by atoms with Gasteiger partial charge in [0.05, 0.1) is 5.56 Å². The summed E-state index contributed by atoms with van der Waals surface area (Å²) in [7, 11) is 0. The maximum Gasteiger partial charge on any atom is 0.289 e. The Balaban J connectivity index is 3.21. The zero-order chi connectivity index (χ0) is 10.0. The van der Waals surface area contributed by atoms with E-state index < -0.39 is 28.9 Å². The van der Waals surface area contributed by atoms with Crippen LogP contribution in [0, 0.1) is 11.6 Å². The highest BCUT2D eigenvalue weighted by Crippen LogP contribution is 2.09. The molecular weight excluding hydrogens is 180 g/mol. The highest BCUT2D eigenvalue weighted by atomic mass is 19.1. The Morgan fingerprint density at radius 3 is 2.38 bits per heavy atom. The zero-order valence-corrected chi connectivity index (χ0v) is 6.38. The lowest BCUT2D eigenvalue weighted by atomic mass is 10.1. The predicted molar refractivity (Wildman–Crippen MR) is 39.9 cm³/mol. The van der Waals surface area contributed by atoms with Gasteiger partial charge in [-0.05, 0) is 18.2 Å². The Labute approximate surface area is 72.2 Å². The maximum absolute atomic E-state index is 12.8. The second kappa shape index (κ2) is 3.30. The van der Waals surface area contributed by atoms with Gasteiger partial charge in [-0.3, -0.25) is 9.59 Å². The van der Waals surface area contributed by atoms with Gasteiger partial charge in [-0.25, -0.2) is 8.78 Å². The van der Waals surface area contributed by atoms with Crippen molar-refractivity contribution < 1.29 is 18.4 Å². The summed E-state index contributed by atoms with van der Waals surface area (Å²) in [5.74, 6) is -4.32. The summed E-state index contributed by atoms with van der Waals surface area (Å²) >= 11 is 0. The highest BCUT2D eigenvalue weighted by Gasteiger charge is 2.17. The molecule has 0 saturated heterocycles. The number of Topliss-reactive ketones (excluding diaryl/α,β-unsaturated/α-hetero) is 1. The van der Waals surface area contributed by atoms with E-state index in [-0.39, 0.29) is 0 Å². The van der Waals surface area contributed by atoms with Crippen LogP contribution in [0.2, 0.25) is 0 Å². The highest BCUT2D eigenvalue weighted by molar-refractivity contribution is 6.42. The third-order valence-electron chi connectivity index (χ3n) is 1.40. The van der Waals surface area contributed by atoms with Gasteiger partial charge in [0.15, 0.2) is 0 Å². The number of hydrogen-bond acceptors (Lipinski definition) is 2. The number of rotatable bonds is 2. The van der Waals surface area contributed by atoms with Crippen molar-refractivity contribution >= 4 is 11.7 Å². The van der Waals surface area contributed by atoms with Gasteiger partial charge in [0, 0.05) is 0 Å². The van der Waals surface area contributed by atoms with Gasteiger partial charge in [-0.2, -0.15) is 0 Å². The summed E-state index contributed by atoms with van der Waals surface area (Å²) in [5.41, 5.74) is 3.96. The SMILES string of the molecule is NC(=O)C(=O)c1cc(F)ccc1F. The lowest BCUT2D eigenvalue weighted by Gasteiger charge is -1.98. The molecule has 1 aromatic carbocycles. The molecule has 0 atom stereocenters. The van der Waals surface area contributed by atoms with Crippen molar-refractivity contribution in [3.05, 3.63) is 35.4 Å². The van der Waals surface area contributed by atoms with E-state index >= 15 is 0 Å². The Morgan fingerprint density at radius 2 is 1.85 bits per heavy atom. The van der Waals surface area contributed by atoms with Crippen molar-refractivity contribution in [3.63, 3.8) is 0 Å². The number of carbonyl (C=O) groups is 2. The predicted octanol–water partition coefficient (Wildman–Crippen LogP) is 0.633. The molecule has 0 bridgehead atoms. The summed E-state index contributed by atoms with van der Waals surface area (Å²) in [6.07, 6.45) is 0. The average Bonchev–Trinajstić information content (AvgIpc) is 2.08. The zero-order valence-electron chi connectivity index (χ0n) is 6.38. The Morgan fingerprint density at radius 1 is 1.23 bits per heavy atom. The van der Waals surface area contributed by atoms with Crippen LogP contribution in [-0.4, -0.2) is 11.7 Å². The molecule has 0 unspecified atom stereocenters. The molecule has 0 aliphatic heterocycles. The van der Waals surface area contributed by atoms with Crippen molar-refractivity contribution in [3.8, 4) is 0 Å². The van der Waals surface area contributed by atoms with Gasteiger partial charge in [0.1, 0.15) is 11.6 Å². The molecule has 5 heteroatoms. The average molecular weight is 185 g/mol. The molecule has 0 spiro atoms. The van der Waals surface area contributed by atoms with E-state index in [1.54, 1.807) is 0 Å². The van der Waals surface area contributed by atoms with Gasteiger partial charge in [-0.1, -0.05) is 0 Å². The van der Waals surface area contributed by atoms with Crippen LogP contribution < -0.4 is 5.73 Å². The van der Waals surface area contributed by atoms with E-state index in [9.17, 15) is 18.4 Å². The fourth-order valence-electron chi connectivity index (χ4n) is 0.804. The molecule has 0 heterocycles. The minimum Gasteiger partial charge on any atom is -0.363 e. The number of primary amides is 1. The molecule has 3 nitrogen and oxygen atoms in total. The third-order valence-corrected chi connectivity index (χ3v) is 1.40. The molecule has 0 fully saturated rings. The molecule has 1 aromatic rings. The second-order valence-electron chi connectivity index (χ2n) is 2.32. The van der Waals surface area contributed by atoms with E-state index in [0.717, 1.165) is 12.1 Å². The van der Waals surface area contributed by atoms with Gasteiger partial charge in [0.25, 0.3) is 11.7 Å². The fraction of sp³-hybridized carbons (Fsp3) is 0. The first kappa shape index (κ1) is 9.31. The molecule has 2 N–H and O–H groups in total. The first-order valence-electron chi connectivity index (χ1n) is 3.31. The quantitative estimate of drug-likeness (QED) is 0.542. The smallest absolute Gasteiger partial charge is 0.289 e. The van der Waals surface area contributed by atoms with Crippen molar-refractivity contribution in [1.82, 2.24) is 0 Å². The van der Waals surface area contributed by atoms with Crippen LogP contribution in [0.5, 0.6) is 0 Å². The minimum absolute atomic E-state index is 0.627. The minimum atomic E-state index is -1.32. The Kier molecular flexibility index (Phi) is 2.36. The second-order valence-corrected chi connectivity index (χ2v) is 2.32. The topological polar surface area (TPSA) is 60.2 Å². The first-order chi connectivity index (χ1) is 6.02. The normalized spacial score (nSPS) is 9.69. The molecule has 1 amide bonds. The number of ketones is 1. The summed E-state index contributed by atoms with van der Waals surface area (Å²) in [6, 6.07) is 2.22. The van der Waals surface area contributed by atoms with Crippen molar-refractivity contribution in [2.45, 2.75) is 0 Å². The molecule has 0 aliphatic rings. The largest absolute Gasteiger partial charge is 0.363 e. The van der Waals surface area contributed by atoms with E-state index in [1.165, 1.54) is 0 Å². The Bertz CT molecular complexity index is 376. The van der Waals surface area contributed by atoms with Gasteiger partial charge in [-0.15, -0.1) is 0 Å². The summed E-state index contributed by atoms with van der Waals surface area (Å²) in [6.45, 7) is 0. The van der Waals surface area contributed by atoms with Crippen LogP contribution in [0.25, 0.3) is 0 Å². The fourth-order valence-corrected chi connectivity index (χ4v) is 0.804. The molecule has 1 rings (SSSR count). The lowest BCUT2D eigenvalue weighted by Crippen LogP contribution is -2.24. The standard InChI is InChI=1S/C8H5F2NO2/c9-4-1-2-6(10)5(3-4)7(12)8(11)13/h1-3H,(H2,11,13). The summed E-state index contributed by atoms with van der Waals surface area (Å²) < 4.78 is 25.3. The number of hydrogen-bond donors (Lipinski definition) is 1. The van der Waals surface area contributed by atoms with Crippen molar-refractivity contribution in [1.29, 1.82) is 0 Å². The molecule has 0 aromatic heterocycles. The molecule has 0 saturated carbocycles. The van der Waals surface area contributed by atoms with Crippen LogP contribution in [-0.2, 0) is 4.79 Å². The van der Waals surface area contributed by atoms with Crippen LogP contribution >= 0.6 is 0 Å². The van der Waals surface area contributed by atoms with Crippen LogP contribution in [0.4, 0.5) is 8.78 Å².